The van der Waals surface area contributed by atoms with Crippen LogP contribution in [0.3, 0.4) is 0 Å². The van der Waals surface area contributed by atoms with E-state index in [1.54, 1.807) is 0 Å². The predicted octanol–water partition coefficient (Wildman–Crippen LogP) is 3.03. The van der Waals surface area contributed by atoms with E-state index in [0.29, 0.717) is 12.1 Å². The molecule has 128 valence electrons. The number of oxime groups is 1. The average Bonchev–Trinajstić information content (AvgIpc) is 2.92. The second-order valence-corrected chi connectivity index (χ2v) is 5.87. The molecule has 0 bridgehead atoms. The Kier molecular flexibility index (Phi) is 4.95. The number of aromatic nitrogens is 1. The minimum atomic E-state index is -0.463. The number of aryl methyl sites for hydroxylation is 1. The number of hydrogen-bond acceptors (Lipinski definition) is 4. The van der Waals surface area contributed by atoms with Crippen LogP contribution in [0.4, 0.5) is 0 Å². The van der Waals surface area contributed by atoms with Crippen LogP contribution in [0, 0.1) is 0 Å². The van der Waals surface area contributed by atoms with Gasteiger partial charge in [-0.2, -0.15) is 0 Å². The van der Waals surface area contributed by atoms with Crippen molar-refractivity contribution in [3.05, 3.63) is 71.4 Å². The SMILES string of the molecule is CC(=O)O/N=C(\c1ccccc1)c1cn(C)c2ccc(CCO)cc12. The summed E-state index contributed by atoms with van der Waals surface area (Å²) in [5.41, 5.74) is 4.43. The van der Waals surface area contributed by atoms with Crippen LogP contribution in [0.5, 0.6) is 0 Å². The summed E-state index contributed by atoms with van der Waals surface area (Å²) in [4.78, 5) is 16.2. The first-order valence-electron chi connectivity index (χ1n) is 8.10. The number of carbonyl (C=O) groups is 1. The molecule has 3 aromatic rings. The molecule has 0 fully saturated rings. The van der Waals surface area contributed by atoms with Gasteiger partial charge in [-0.05, 0) is 24.1 Å². The Morgan fingerprint density at radius 1 is 1.20 bits per heavy atom. The first-order valence-corrected chi connectivity index (χ1v) is 8.10. The minimum Gasteiger partial charge on any atom is -0.396 e. The molecule has 0 spiro atoms. The Bertz CT molecular complexity index is 927. The number of benzene rings is 2. The summed E-state index contributed by atoms with van der Waals surface area (Å²) in [5.74, 6) is -0.463. The van der Waals surface area contributed by atoms with Gasteiger partial charge in [0.2, 0.25) is 0 Å². The molecule has 5 nitrogen and oxygen atoms in total. The molecule has 2 aromatic carbocycles. The lowest BCUT2D eigenvalue weighted by molar-refractivity contribution is -0.140. The first kappa shape index (κ1) is 16.9. The van der Waals surface area contributed by atoms with Crippen LogP contribution in [-0.2, 0) is 23.1 Å². The van der Waals surface area contributed by atoms with Gasteiger partial charge in [0.25, 0.3) is 0 Å². The Balaban J connectivity index is 2.20. The topological polar surface area (TPSA) is 63.8 Å². The molecule has 1 N–H and O–H groups in total. The summed E-state index contributed by atoms with van der Waals surface area (Å²) >= 11 is 0. The van der Waals surface area contributed by atoms with E-state index in [0.717, 1.165) is 27.6 Å². The molecule has 1 aromatic heterocycles. The Morgan fingerprint density at radius 3 is 2.64 bits per heavy atom. The van der Waals surface area contributed by atoms with E-state index < -0.39 is 5.97 Å². The smallest absolute Gasteiger partial charge is 0.332 e. The normalized spacial score (nSPS) is 11.7. The predicted molar refractivity (Wildman–Crippen MR) is 97.6 cm³/mol. The number of carbonyl (C=O) groups excluding carboxylic acids is 1. The molecular formula is C20H20N2O3. The lowest BCUT2D eigenvalue weighted by Crippen LogP contribution is -2.05. The van der Waals surface area contributed by atoms with Gasteiger partial charge in [-0.25, -0.2) is 4.79 Å². The third-order valence-electron chi connectivity index (χ3n) is 4.02. The van der Waals surface area contributed by atoms with Crippen molar-refractivity contribution >= 4 is 22.6 Å². The molecule has 0 saturated heterocycles. The summed E-state index contributed by atoms with van der Waals surface area (Å²) in [6.07, 6.45) is 2.56. The van der Waals surface area contributed by atoms with E-state index in [2.05, 4.69) is 5.16 Å². The molecule has 1 heterocycles. The van der Waals surface area contributed by atoms with Crippen LogP contribution < -0.4 is 0 Å². The number of rotatable bonds is 5. The van der Waals surface area contributed by atoms with E-state index in [4.69, 9.17) is 4.84 Å². The van der Waals surface area contributed by atoms with Crippen molar-refractivity contribution in [1.82, 2.24) is 4.57 Å². The quantitative estimate of drug-likeness (QED) is 0.442. The van der Waals surface area contributed by atoms with Crippen molar-refractivity contribution in [3.8, 4) is 0 Å². The second-order valence-electron chi connectivity index (χ2n) is 5.87. The van der Waals surface area contributed by atoms with Crippen LogP contribution in [0.2, 0.25) is 0 Å². The maximum absolute atomic E-state index is 11.3. The number of aliphatic hydroxyl groups is 1. The number of nitrogens with zero attached hydrogens (tertiary/aromatic N) is 2. The average molecular weight is 336 g/mol. The van der Waals surface area contributed by atoms with Crippen LogP contribution in [0.25, 0.3) is 10.9 Å². The molecule has 0 aliphatic heterocycles. The molecule has 0 radical (unpaired) electrons. The van der Waals surface area contributed by atoms with E-state index in [-0.39, 0.29) is 6.61 Å². The molecule has 0 atom stereocenters. The van der Waals surface area contributed by atoms with Gasteiger partial charge in [0, 0.05) is 48.8 Å². The molecule has 0 aliphatic rings. The molecular weight excluding hydrogens is 316 g/mol. The van der Waals surface area contributed by atoms with Gasteiger partial charge in [0.1, 0.15) is 5.71 Å². The van der Waals surface area contributed by atoms with Crippen LogP contribution in [0.15, 0.2) is 59.9 Å². The molecule has 0 amide bonds. The maximum atomic E-state index is 11.3. The Morgan fingerprint density at radius 2 is 1.96 bits per heavy atom. The Hall–Kier alpha value is -2.92. The van der Waals surface area contributed by atoms with Gasteiger partial charge in [-0.1, -0.05) is 41.6 Å². The largest absolute Gasteiger partial charge is 0.396 e. The zero-order chi connectivity index (χ0) is 17.8. The molecule has 0 unspecified atom stereocenters. The zero-order valence-electron chi connectivity index (χ0n) is 14.3. The van der Waals surface area contributed by atoms with Crippen molar-refractivity contribution in [2.24, 2.45) is 12.2 Å². The fraction of sp³-hybridized carbons (Fsp3) is 0.200. The molecule has 0 saturated carbocycles. The number of fused-ring (bicyclic) bond motifs is 1. The lowest BCUT2D eigenvalue weighted by Gasteiger charge is -2.06. The van der Waals surface area contributed by atoms with Gasteiger partial charge in [-0.3, -0.25) is 0 Å². The lowest BCUT2D eigenvalue weighted by atomic mass is 10.00. The standard InChI is InChI=1S/C20H20N2O3/c1-14(24)25-21-20(16-6-4-3-5-7-16)18-13-22(2)19-9-8-15(10-11-23)12-17(18)19/h3-9,12-13,23H,10-11H2,1-2H3/b21-20+. The van der Waals surface area contributed by atoms with Crippen molar-refractivity contribution in [2.75, 3.05) is 6.61 Å². The van der Waals surface area contributed by atoms with Crippen LogP contribution in [-0.4, -0.2) is 28.0 Å². The minimum absolute atomic E-state index is 0.0980. The van der Waals surface area contributed by atoms with Gasteiger partial charge in [0.05, 0.1) is 0 Å². The number of hydrogen-bond donors (Lipinski definition) is 1. The van der Waals surface area contributed by atoms with Gasteiger partial charge >= 0.3 is 5.97 Å². The monoisotopic (exact) mass is 336 g/mol. The van der Waals surface area contributed by atoms with Gasteiger partial charge in [-0.15, -0.1) is 0 Å². The molecule has 0 aliphatic carbocycles. The maximum Gasteiger partial charge on any atom is 0.332 e. The summed E-state index contributed by atoms with van der Waals surface area (Å²) in [7, 11) is 1.96. The van der Waals surface area contributed by atoms with Crippen molar-refractivity contribution in [2.45, 2.75) is 13.3 Å². The summed E-state index contributed by atoms with van der Waals surface area (Å²) in [5, 5.41) is 14.3. The highest BCUT2D eigenvalue weighted by Gasteiger charge is 2.16. The van der Waals surface area contributed by atoms with Crippen molar-refractivity contribution in [3.63, 3.8) is 0 Å². The van der Waals surface area contributed by atoms with Crippen molar-refractivity contribution < 1.29 is 14.7 Å². The highest BCUT2D eigenvalue weighted by molar-refractivity contribution is 6.19. The summed E-state index contributed by atoms with van der Waals surface area (Å²) in [6, 6.07) is 15.7. The third-order valence-corrected chi connectivity index (χ3v) is 4.02. The van der Waals surface area contributed by atoms with Gasteiger partial charge < -0.3 is 14.5 Å². The zero-order valence-corrected chi connectivity index (χ0v) is 14.3. The van der Waals surface area contributed by atoms with Gasteiger partial charge in [0.15, 0.2) is 0 Å². The third kappa shape index (κ3) is 3.61. The van der Waals surface area contributed by atoms with E-state index in [1.807, 2.05) is 66.3 Å². The van der Waals surface area contributed by atoms with Crippen LogP contribution >= 0.6 is 0 Å². The Labute approximate surface area is 146 Å². The van der Waals surface area contributed by atoms with Crippen LogP contribution in [0.1, 0.15) is 23.6 Å². The van der Waals surface area contributed by atoms with E-state index in [1.165, 1.54) is 6.92 Å². The summed E-state index contributed by atoms with van der Waals surface area (Å²) < 4.78 is 2.01. The second kappa shape index (κ2) is 7.32. The molecule has 5 heteroatoms. The fourth-order valence-electron chi connectivity index (χ4n) is 2.88. The van der Waals surface area contributed by atoms with E-state index in [9.17, 15) is 9.90 Å². The fourth-order valence-corrected chi connectivity index (χ4v) is 2.88. The molecule has 25 heavy (non-hydrogen) atoms. The first-order chi connectivity index (χ1) is 12.1. The van der Waals surface area contributed by atoms with Crippen molar-refractivity contribution in [1.29, 1.82) is 0 Å². The number of aliphatic hydroxyl groups excluding tert-OH is 1. The highest BCUT2D eigenvalue weighted by Crippen LogP contribution is 2.25. The highest BCUT2D eigenvalue weighted by atomic mass is 16.7. The van der Waals surface area contributed by atoms with E-state index >= 15 is 0 Å². The molecule has 3 rings (SSSR count). The summed E-state index contributed by atoms with van der Waals surface area (Å²) in [6.45, 7) is 1.43.